The van der Waals surface area contributed by atoms with Crippen LogP contribution in [0.25, 0.3) is 5.69 Å². The highest BCUT2D eigenvalue weighted by molar-refractivity contribution is 7.99. The summed E-state index contributed by atoms with van der Waals surface area (Å²) in [6, 6.07) is 11.3. The summed E-state index contributed by atoms with van der Waals surface area (Å²) in [4.78, 5) is 15.8. The quantitative estimate of drug-likeness (QED) is 0.471. The van der Waals surface area contributed by atoms with Gasteiger partial charge in [0.25, 0.3) is 0 Å². The monoisotopic (exact) mass is 244 g/mol. The van der Waals surface area contributed by atoms with Gasteiger partial charge in [-0.3, -0.25) is 4.57 Å². The standard InChI is InChI=1S/C13H12N2OS/c1-2-10-17-12-8-9-15(13(16)14-12)11-6-4-3-5-7-11/h2-9H,1,10H2. The van der Waals surface area contributed by atoms with Crippen LogP contribution in [0.1, 0.15) is 0 Å². The second-order valence-electron chi connectivity index (χ2n) is 3.35. The second-order valence-corrected chi connectivity index (χ2v) is 4.39. The fourth-order valence-electron chi connectivity index (χ4n) is 1.40. The lowest BCUT2D eigenvalue weighted by Gasteiger charge is -2.05. The van der Waals surface area contributed by atoms with Gasteiger partial charge in [0.05, 0.1) is 5.69 Å². The third-order valence-electron chi connectivity index (χ3n) is 2.16. The molecule has 2 rings (SSSR count). The molecule has 0 aliphatic carbocycles. The highest BCUT2D eigenvalue weighted by Crippen LogP contribution is 2.13. The molecule has 3 nitrogen and oxygen atoms in total. The minimum atomic E-state index is -0.259. The number of rotatable bonds is 4. The summed E-state index contributed by atoms with van der Waals surface area (Å²) in [6.45, 7) is 3.63. The van der Waals surface area contributed by atoms with Gasteiger partial charge in [0.15, 0.2) is 0 Å². The molecule has 0 saturated heterocycles. The Bertz CT molecular complexity index is 563. The molecule has 1 aromatic heterocycles. The molecule has 0 radical (unpaired) electrons. The third kappa shape index (κ3) is 2.85. The summed E-state index contributed by atoms with van der Waals surface area (Å²) < 4.78 is 1.53. The number of nitrogens with zero attached hydrogens (tertiary/aromatic N) is 2. The van der Waals surface area contributed by atoms with E-state index >= 15 is 0 Å². The van der Waals surface area contributed by atoms with E-state index in [0.29, 0.717) is 0 Å². The number of hydrogen-bond donors (Lipinski definition) is 0. The predicted molar refractivity (Wildman–Crippen MR) is 70.8 cm³/mol. The smallest absolute Gasteiger partial charge is 0.268 e. The van der Waals surface area contributed by atoms with Crippen LogP contribution in [0.15, 0.2) is 65.1 Å². The molecule has 0 saturated carbocycles. The van der Waals surface area contributed by atoms with Crippen molar-refractivity contribution in [3.05, 3.63) is 65.7 Å². The molecular weight excluding hydrogens is 232 g/mol. The Labute approximate surface area is 104 Å². The first-order valence-electron chi connectivity index (χ1n) is 5.20. The summed E-state index contributed by atoms with van der Waals surface area (Å²) in [6.07, 6.45) is 3.53. The Morgan fingerprint density at radius 3 is 2.71 bits per heavy atom. The van der Waals surface area contributed by atoms with Crippen molar-refractivity contribution in [1.29, 1.82) is 0 Å². The molecule has 1 heterocycles. The first-order chi connectivity index (χ1) is 8.31. The summed E-state index contributed by atoms with van der Waals surface area (Å²) in [5, 5.41) is 0.724. The molecular formula is C13H12N2OS. The van der Waals surface area contributed by atoms with Crippen molar-refractivity contribution in [3.8, 4) is 5.69 Å². The normalized spacial score (nSPS) is 10.1. The van der Waals surface area contributed by atoms with E-state index in [9.17, 15) is 4.79 Å². The van der Waals surface area contributed by atoms with E-state index in [1.54, 1.807) is 12.3 Å². The van der Waals surface area contributed by atoms with Gasteiger partial charge in [-0.15, -0.1) is 18.3 Å². The van der Waals surface area contributed by atoms with Crippen LogP contribution >= 0.6 is 11.8 Å². The van der Waals surface area contributed by atoms with Crippen molar-refractivity contribution in [2.24, 2.45) is 0 Å². The number of thioether (sulfide) groups is 1. The Morgan fingerprint density at radius 1 is 1.29 bits per heavy atom. The van der Waals surface area contributed by atoms with Crippen LogP contribution in [-0.4, -0.2) is 15.3 Å². The van der Waals surface area contributed by atoms with Crippen molar-refractivity contribution in [3.63, 3.8) is 0 Å². The van der Waals surface area contributed by atoms with Gasteiger partial charge >= 0.3 is 5.69 Å². The molecule has 0 N–H and O–H groups in total. The van der Waals surface area contributed by atoms with Gasteiger partial charge in [0, 0.05) is 11.9 Å². The fraction of sp³-hybridized carbons (Fsp3) is 0.0769. The van der Waals surface area contributed by atoms with E-state index in [4.69, 9.17) is 0 Å². The highest BCUT2D eigenvalue weighted by Gasteiger charge is 2.01. The largest absolute Gasteiger partial charge is 0.353 e. The molecule has 0 atom stereocenters. The lowest BCUT2D eigenvalue weighted by molar-refractivity contribution is 0.867. The Kier molecular flexibility index (Phi) is 3.77. The molecule has 0 amide bonds. The summed E-state index contributed by atoms with van der Waals surface area (Å²) in [5.74, 6) is 0.752. The van der Waals surface area contributed by atoms with Gasteiger partial charge in [0.1, 0.15) is 5.03 Å². The van der Waals surface area contributed by atoms with E-state index < -0.39 is 0 Å². The Hall–Kier alpha value is -1.81. The van der Waals surface area contributed by atoms with Gasteiger partial charge in [-0.1, -0.05) is 24.3 Å². The van der Waals surface area contributed by atoms with E-state index in [-0.39, 0.29) is 5.69 Å². The zero-order chi connectivity index (χ0) is 12.1. The second kappa shape index (κ2) is 5.50. The molecule has 86 valence electrons. The summed E-state index contributed by atoms with van der Waals surface area (Å²) >= 11 is 1.50. The van der Waals surface area contributed by atoms with Crippen molar-refractivity contribution in [2.75, 3.05) is 5.75 Å². The fourth-order valence-corrected chi connectivity index (χ4v) is 1.99. The molecule has 0 bridgehead atoms. The van der Waals surface area contributed by atoms with E-state index in [1.807, 2.05) is 36.4 Å². The van der Waals surface area contributed by atoms with Gasteiger partial charge in [-0.25, -0.2) is 4.79 Å². The van der Waals surface area contributed by atoms with Crippen molar-refractivity contribution < 1.29 is 0 Å². The van der Waals surface area contributed by atoms with Crippen molar-refractivity contribution in [1.82, 2.24) is 9.55 Å². The van der Waals surface area contributed by atoms with E-state index in [1.165, 1.54) is 16.3 Å². The molecule has 2 aromatic rings. The average molecular weight is 244 g/mol. The average Bonchev–Trinajstić information content (AvgIpc) is 2.37. The highest BCUT2D eigenvalue weighted by atomic mass is 32.2. The van der Waals surface area contributed by atoms with Crippen LogP contribution in [0.5, 0.6) is 0 Å². The maximum Gasteiger partial charge on any atom is 0.353 e. The molecule has 0 spiro atoms. The lowest BCUT2D eigenvalue weighted by atomic mass is 10.3. The molecule has 0 aliphatic heterocycles. The zero-order valence-electron chi connectivity index (χ0n) is 9.24. The molecule has 0 aliphatic rings. The van der Waals surface area contributed by atoms with Gasteiger partial charge in [-0.05, 0) is 18.2 Å². The minimum absolute atomic E-state index is 0.259. The molecule has 17 heavy (non-hydrogen) atoms. The van der Waals surface area contributed by atoms with Crippen LogP contribution in [0, 0.1) is 0 Å². The molecule has 4 heteroatoms. The zero-order valence-corrected chi connectivity index (χ0v) is 10.1. The number of aromatic nitrogens is 2. The predicted octanol–water partition coefficient (Wildman–Crippen LogP) is 2.51. The Balaban J connectivity index is 2.32. The van der Waals surface area contributed by atoms with Crippen LogP contribution in [0.4, 0.5) is 0 Å². The SMILES string of the molecule is C=CCSc1ccn(-c2ccccc2)c(=O)n1. The third-order valence-corrected chi connectivity index (χ3v) is 3.09. The van der Waals surface area contributed by atoms with E-state index in [2.05, 4.69) is 11.6 Å². The summed E-state index contributed by atoms with van der Waals surface area (Å²) in [7, 11) is 0. The maximum atomic E-state index is 11.8. The topological polar surface area (TPSA) is 34.9 Å². The Morgan fingerprint density at radius 2 is 2.06 bits per heavy atom. The number of benzene rings is 1. The van der Waals surface area contributed by atoms with Crippen LogP contribution in [0.3, 0.4) is 0 Å². The lowest BCUT2D eigenvalue weighted by Crippen LogP contribution is -2.20. The summed E-state index contributed by atoms with van der Waals surface area (Å²) in [5.41, 5.74) is 0.565. The van der Waals surface area contributed by atoms with E-state index in [0.717, 1.165) is 16.5 Å². The maximum absolute atomic E-state index is 11.8. The van der Waals surface area contributed by atoms with Gasteiger partial charge < -0.3 is 0 Å². The number of para-hydroxylation sites is 1. The van der Waals surface area contributed by atoms with Crippen molar-refractivity contribution >= 4 is 11.8 Å². The van der Waals surface area contributed by atoms with Crippen molar-refractivity contribution in [2.45, 2.75) is 5.03 Å². The van der Waals surface area contributed by atoms with Gasteiger partial charge in [0.2, 0.25) is 0 Å². The van der Waals surface area contributed by atoms with Crippen LogP contribution < -0.4 is 5.69 Å². The number of hydrogen-bond acceptors (Lipinski definition) is 3. The first-order valence-corrected chi connectivity index (χ1v) is 6.18. The molecule has 0 fully saturated rings. The minimum Gasteiger partial charge on any atom is -0.268 e. The van der Waals surface area contributed by atoms with Crippen LogP contribution in [-0.2, 0) is 0 Å². The first kappa shape index (κ1) is 11.7. The molecule has 1 aromatic carbocycles. The molecule has 0 unspecified atom stereocenters. The van der Waals surface area contributed by atoms with Crippen LogP contribution in [0.2, 0.25) is 0 Å². The van der Waals surface area contributed by atoms with Gasteiger partial charge in [-0.2, -0.15) is 4.98 Å².